The van der Waals surface area contributed by atoms with Crippen molar-refractivity contribution in [1.29, 1.82) is 0 Å². The van der Waals surface area contributed by atoms with Gasteiger partial charge in [0.25, 0.3) is 0 Å². The van der Waals surface area contributed by atoms with E-state index in [4.69, 9.17) is 17.0 Å². The fourth-order valence-corrected chi connectivity index (χ4v) is 3.66. The van der Waals surface area contributed by atoms with Crippen LogP contribution >= 0.6 is 12.2 Å². The van der Waals surface area contributed by atoms with E-state index in [0.29, 0.717) is 22.8 Å². The normalized spacial score (nSPS) is 17.1. The summed E-state index contributed by atoms with van der Waals surface area (Å²) in [5, 5.41) is 3.97. The van der Waals surface area contributed by atoms with E-state index in [2.05, 4.69) is 5.32 Å². The molecule has 1 heterocycles. The summed E-state index contributed by atoms with van der Waals surface area (Å²) in [5.74, 6) is 0.752. The van der Waals surface area contributed by atoms with Crippen molar-refractivity contribution in [3.63, 3.8) is 0 Å². The lowest BCUT2D eigenvalue weighted by atomic mass is 9.89. The number of nitrogens with zero attached hydrogens (tertiary/aromatic N) is 1. The number of carbonyl (C=O) groups excluding carboxylic acids is 1. The second-order valence-corrected chi connectivity index (χ2v) is 6.48. The molecule has 3 rings (SSSR count). The van der Waals surface area contributed by atoms with Crippen molar-refractivity contribution < 1.29 is 9.53 Å². The molecule has 134 valence electrons. The molecule has 4 nitrogen and oxygen atoms in total. The molecular weight excluding hydrogens is 344 g/mol. The summed E-state index contributed by atoms with van der Waals surface area (Å²) in [5.41, 5.74) is 3.21. The molecule has 5 heteroatoms. The molecule has 2 aromatic carbocycles. The standard InChI is InChI=1S/C21H22N2O2S/c1-4-23-14(2)18(20(24)15-9-6-5-7-10-15)19(22-21(23)26)16-11-8-12-17(13-16)25-3/h5-13,19H,4H2,1-3H3,(H,22,26). The van der Waals surface area contributed by atoms with E-state index in [1.165, 1.54) is 0 Å². The maximum atomic E-state index is 13.3. The van der Waals surface area contributed by atoms with Gasteiger partial charge in [-0.15, -0.1) is 0 Å². The van der Waals surface area contributed by atoms with Crippen molar-refractivity contribution >= 4 is 23.1 Å². The molecule has 1 atom stereocenters. The first-order valence-corrected chi connectivity index (χ1v) is 9.00. The first-order valence-electron chi connectivity index (χ1n) is 8.59. The van der Waals surface area contributed by atoms with Gasteiger partial charge in [-0.2, -0.15) is 0 Å². The van der Waals surface area contributed by atoms with Crippen LogP contribution in [0, 0.1) is 0 Å². The van der Waals surface area contributed by atoms with Gasteiger partial charge >= 0.3 is 0 Å². The Bertz CT molecular complexity index is 861. The van der Waals surface area contributed by atoms with Gasteiger partial charge in [0.2, 0.25) is 0 Å². The van der Waals surface area contributed by atoms with Crippen LogP contribution in [0.25, 0.3) is 0 Å². The van der Waals surface area contributed by atoms with E-state index in [1.54, 1.807) is 7.11 Å². The minimum atomic E-state index is -0.312. The van der Waals surface area contributed by atoms with Crippen LogP contribution in [-0.4, -0.2) is 29.5 Å². The van der Waals surface area contributed by atoms with Crippen LogP contribution < -0.4 is 10.1 Å². The SMILES string of the molecule is CCN1C(=S)NC(c2cccc(OC)c2)C(C(=O)c2ccccc2)=C1C. The van der Waals surface area contributed by atoms with Crippen LogP contribution in [0.5, 0.6) is 5.75 Å². The lowest BCUT2D eigenvalue weighted by Crippen LogP contribution is -2.47. The fraction of sp³-hybridized carbons (Fsp3) is 0.238. The van der Waals surface area contributed by atoms with Crippen LogP contribution in [0.2, 0.25) is 0 Å². The summed E-state index contributed by atoms with van der Waals surface area (Å²) >= 11 is 5.54. The summed E-state index contributed by atoms with van der Waals surface area (Å²) in [4.78, 5) is 15.3. The molecule has 2 aromatic rings. The Labute approximate surface area is 159 Å². The molecule has 0 saturated heterocycles. The first-order chi connectivity index (χ1) is 12.6. The minimum Gasteiger partial charge on any atom is -0.497 e. The maximum absolute atomic E-state index is 13.3. The maximum Gasteiger partial charge on any atom is 0.193 e. The molecule has 0 aliphatic carbocycles. The molecule has 0 fully saturated rings. The summed E-state index contributed by atoms with van der Waals surface area (Å²) in [6.45, 7) is 4.68. The van der Waals surface area contributed by atoms with Gasteiger partial charge in [-0.05, 0) is 43.8 Å². The zero-order valence-electron chi connectivity index (χ0n) is 15.2. The highest BCUT2D eigenvalue weighted by molar-refractivity contribution is 7.80. The van der Waals surface area contributed by atoms with Gasteiger partial charge in [0.05, 0.1) is 13.2 Å². The number of ketones is 1. The zero-order chi connectivity index (χ0) is 18.7. The number of allylic oxidation sites excluding steroid dienone is 1. The fourth-order valence-electron chi connectivity index (χ4n) is 3.27. The molecular formula is C21H22N2O2S. The number of rotatable bonds is 5. The number of ether oxygens (including phenoxy) is 1. The highest BCUT2D eigenvalue weighted by atomic mass is 32.1. The number of methoxy groups -OCH3 is 1. The van der Waals surface area contributed by atoms with Gasteiger partial charge in [0.15, 0.2) is 10.9 Å². The first kappa shape index (κ1) is 18.1. The third kappa shape index (κ3) is 3.35. The van der Waals surface area contributed by atoms with E-state index in [9.17, 15) is 4.79 Å². The lowest BCUT2D eigenvalue weighted by Gasteiger charge is -2.37. The number of benzene rings is 2. The second kappa shape index (κ2) is 7.70. The zero-order valence-corrected chi connectivity index (χ0v) is 16.0. The highest BCUT2D eigenvalue weighted by Crippen LogP contribution is 2.33. The lowest BCUT2D eigenvalue weighted by molar-refractivity contribution is 0.102. The van der Waals surface area contributed by atoms with Crippen molar-refractivity contribution in [2.45, 2.75) is 19.9 Å². The van der Waals surface area contributed by atoms with Crippen molar-refractivity contribution in [1.82, 2.24) is 10.2 Å². The molecule has 1 aliphatic heterocycles. The minimum absolute atomic E-state index is 0.00405. The molecule has 26 heavy (non-hydrogen) atoms. The van der Waals surface area contributed by atoms with E-state index < -0.39 is 0 Å². The Morgan fingerprint density at radius 2 is 1.92 bits per heavy atom. The summed E-state index contributed by atoms with van der Waals surface area (Å²) in [6.07, 6.45) is 0. The third-order valence-corrected chi connectivity index (χ3v) is 4.96. The van der Waals surface area contributed by atoms with E-state index in [-0.39, 0.29) is 11.8 Å². The van der Waals surface area contributed by atoms with Gasteiger partial charge in [0.1, 0.15) is 5.75 Å². The van der Waals surface area contributed by atoms with Crippen molar-refractivity contribution in [3.8, 4) is 5.75 Å². The summed E-state index contributed by atoms with van der Waals surface area (Å²) in [7, 11) is 1.63. The Morgan fingerprint density at radius 3 is 2.58 bits per heavy atom. The molecule has 0 aromatic heterocycles. The summed E-state index contributed by atoms with van der Waals surface area (Å²) < 4.78 is 5.35. The average Bonchev–Trinajstić information content (AvgIpc) is 2.68. The second-order valence-electron chi connectivity index (χ2n) is 6.10. The Morgan fingerprint density at radius 1 is 1.19 bits per heavy atom. The van der Waals surface area contributed by atoms with E-state index >= 15 is 0 Å². The average molecular weight is 366 g/mol. The van der Waals surface area contributed by atoms with Gasteiger partial charge in [-0.3, -0.25) is 4.79 Å². The number of hydrogen-bond acceptors (Lipinski definition) is 3. The van der Waals surface area contributed by atoms with Crippen molar-refractivity contribution in [2.24, 2.45) is 0 Å². The molecule has 1 unspecified atom stereocenters. The molecule has 0 radical (unpaired) electrons. The Hall–Kier alpha value is -2.66. The van der Waals surface area contributed by atoms with Crippen LogP contribution in [0.3, 0.4) is 0 Å². The molecule has 1 aliphatic rings. The Kier molecular flexibility index (Phi) is 5.38. The van der Waals surface area contributed by atoms with E-state index in [1.807, 2.05) is 73.3 Å². The third-order valence-electron chi connectivity index (χ3n) is 4.62. The van der Waals surface area contributed by atoms with Gasteiger partial charge in [0, 0.05) is 23.4 Å². The number of carbonyl (C=O) groups is 1. The van der Waals surface area contributed by atoms with Gasteiger partial charge < -0.3 is 15.0 Å². The van der Waals surface area contributed by atoms with Crippen LogP contribution in [-0.2, 0) is 0 Å². The number of hydrogen-bond donors (Lipinski definition) is 1. The molecule has 0 bridgehead atoms. The molecule has 0 spiro atoms. The summed E-state index contributed by atoms with van der Waals surface area (Å²) in [6, 6.07) is 16.8. The van der Waals surface area contributed by atoms with Crippen LogP contribution in [0.15, 0.2) is 65.9 Å². The van der Waals surface area contributed by atoms with Crippen LogP contribution in [0.4, 0.5) is 0 Å². The molecule has 0 amide bonds. The predicted molar refractivity (Wildman–Crippen MR) is 107 cm³/mol. The number of Topliss-reactive ketones (excluding diaryl/α,β-unsaturated/α-hetero) is 1. The molecule has 0 saturated carbocycles. The smallest absolute Gasteiger partial charge is 0.193 e. The number of thiocarbonyl (C=S) groups is 1. The Balaban J connectivity index is 2.13. The van der Waals surface area contributed by atoms with Crippen LogP contribution in [0.1, 0.15) is 35.8 Å². The van der Waals surface area contributed by atoms with Gasteiger partial charge in [-0.1, -0.05) is 42.5 Å². The van der Waals surface area contributed by atoms with Crippen molar-refractivity contribution in [3.05, 3.63) is 77.0 Å². The highest BCUT2D eigenvalue weighted by Gasteiger charge is 2.33. The monoisotopic (exact) mass is 366 g/mol. The molecule has 1 N–H and O–H groups in total. The van der Waals surface area contributed by atoms with Crippen molar-refractivity contribution in [2.75, 3.05) is 13.7 Å². The van der Waals surface area contributed by atoms with E-state index in [0.717, 1.165) is 17.0 Å². The number of nitrogens with one attached hydrogen (secondary N) is 1. The topological polar surface area (TPSA) is 41.6 Å². The largest absolute Gasteiger partial charge is 0.497 e. The van der Waals surface area contributed by atoms with Gasteiger partial charge in [-0.25, -0.2) is 0 Å². The quantitative estimate of drug-likeness (QED) is 0.637. The predicted octanol–water partition coefficient (Wildman–Crippen LogP) is 4.10.